The van der Waals surface area contributed by atoms with E-state index >= 15 is 0 Å². The summed E-state index contributed by atoms with van der Waals surface area (Å²) in [5.74, 6) is -0.886. The van der Waals surface area contributed by atoms with Crippen molar-refractivity contribution in [3.05, 3.63) is 69.9 Å². The molecule has 0 unspecified atom stereocenters. The number of aromatic nitrogens is 1. The van der Waals surface area contributed by atoms with Gasteiger partial charge in [0.25, 0.3) is 5.91 Å². The second kappa shape index (κ2) is 8.84. The number of pyridine rings is 1. The van der Waals surface area contributed by atoms with E-state index in [0.29, 0.717) is 16.3 Å². The maximum atomic E-state index is 13.1. The lowest BCUT2D eigenvalue weighted by atomic mass is 9.97. The van der Waals surface area contributed by atoms with E-state index in [-0.39, 0.29) is 6.61 Å². The first-order valence-corrected chi connectivity index (χ1v) is 10.5. The number of benzene rings is 2. The van der Waals surface area contributed by atoms with Crippen LogP contribution in [-0.4, -0.2) is 23.5 Å². The van der Waals surface area contributed by atoms with Gasteiger partial charge in [0.1, 0.15) is 0 Å². The van der Waals surface area contributed by atoms with E-state index in [1.807, 2.05) is 37.3 Å². The Hall–Kier alpha value is -2.92. The molecule has 154 valence electrons. The predicted octanol–water partition coefficient (Wildman–Crippen LogP) is 5.26. The minimum atomic E-state index is -0.482. The Bertz CT molecular complexity index is 1130. The molecule has 6 heteroatoms. The van der Waals surface area contributed by atoms with Gasteiger partial charge in [-0.05, 0) is 61.9 Å². The molecule has 1 N–H and O–H groups in total. The second-order valence-corrected chi connectivity index (χ2v) is 8.01. The molecular weight excluding hydrogens is 400 g/mol. The lowest BCUT2D eigenvalue weighted by molar-refractivity contribution is -0.119. The van der Waals surface area contributed by atoms with Crippen molar-refractivity contribution in [2.75, 3.05) is 11.9 Å². The van der Waals surface area contributed by atoms with Crippen molar-refractivity contribution in [3.63, 3.8) is 0 Å². The smallest absolute Gasteiger partial charge is 0.339 e. The number of para-hydroxylation sites is 1. The van der Waals surface area contributed by atoms with E-state index in [2.05, 4.69) is 5.32 Å². The highest BCUT2D eigenvalue weighted by Crippen LogP contribution is 2.29. The molecule has 0 saturated heterocycles. The summed E-state index contributed by atoms with van der Waals surface area (Å²) >= 11 is 6.00. The minimum Gasteiger partial charge on any atom is -0.452 e. The average Bonchev–Trinajstić information content (AvgIpc) is 2.98. The molecule has 0 fully saturated rings. The molecule has 0 radical (unpaired) electrons. The van der Waals surface area contributed by atoms with Gasteiger partial charge < -0.3 is 10.1 Å². The van der Waals surface area contributed by atoms with E-state index in [1.54, 1.807) is 12.1 Å². The third kappa shape index (κ3) is 4.31. The summed E-state index contributed by atoms with van der Waals surface area (Å²) in [5.41, 5.74) is 4.74. The van der Waals surface area contributed by atoms with Gasteiger partial charge in [0.2, 0.25) is 0 Å². The van der Waals surface area contributed by atoms with Crippen molar-refractivity contribution in [2.24, 2.45) is 0 Å². The minimum absolute atomic E-state index is 0.365. The Labute approximate surface area is 180 Å². The summed E-state index contributed by atoms with van der Waals surface area (Å²) in [6.07, 6.45) is 4.85. The zero-order chi connectivity index (χ0) is 21.1. The quantitative estimate of drug-likeness (QED) is 0.460. The van der Waals surface area contributed by atoms with Crippen LogP contribution in [-0.2, 0) is 22.4 Å². The number of rotatable bonds is 4. The number of anilines is 1. The summed E-state index contributed by atoms with van der Waals surface area (Å²) < 4.78 is 5.44. The first-order chi connectivity index (χ1) is 14.5. The van der Waals surface area contributed by atoms with Crippen LogP contribution in [0.5, 0.6) is 0 Å². The van der Waals surface area contributed by atoms with Crippen molar-refractivity contribution in [1.29, 1.82) is 0 Å². The lowest BCUT2D eigenvalue weighted by Crippen LogP contribution is -2.22. The summed E-state index contributed by atoms with van der Waals surface area (Å²) in [6, 6.07) is 12.8. The van der Waals surface area contributed by atoms with E-state index in [1.165, 1.54) is 0 Å². The number of hydrogen-bond donors (Lipinski definition) is 1. The number of aryl methyl sites for hydroxylation is 2. The number of amides is 1. The van der Waals surface area contributed by atoms with E-state index in [0.717, 1.165) is 59.8 Å². The van der Waals surface area contributed by atoms with Gasteiger partial charge in [-0.2, -0.15) is 0 Å². The number of ether oxygens (including phenoxy) is 1. The van der Waals surface area contributed by atoms with Crippen LogP contribution in [0.2, 0.25) is 5.02 Å². The van der Waals surface area contributed by atoms with Crippen LogP contribution in [0.4, 0.5) is 5.69 Å². The number of fused-ring (bicyclic) bond motifs is 2. The van der Waals surface area contributed by atoms with E-state index in [4.69, 9.17) is 21.3 Å². The molecule has 2 aromatic carbocycles. The van der Waals surface area contributed by atoms with Crippen molar-refractivity contribution >= 4 is 40.1 Å². The Kier molecular flexibility index (Phi) is 6.00. The van der Waals surface area contributed by atoms with Crippen LogP contribution in [0, 0.1) is 6.92 Å². The van der Waals surface area contributed by atoms with Crippen LogP contribution in [0.3, 0.4) is 0 Å². The Balaban J connectivity index is 1.56. The largest absolute Gasteiger partial charge is 0.452 e. The third-order valence-corrected chi connectivity index (χ3v) is 5.67. The third-order valence-electron chi connectivity index (χ3n) is 5.43. The summed E-state index contributed by atoms with van der Waals surface area (Å²) in [6.45, 7) is 1.51. The molecular formula is C24H23ClN2O3. The maximum Gasteiger partial charge on any atom is 0.339 e. The van der Waals surface area contributed by atoms with Crippen molar-refractivity contribution in [2.45, 2.75) is 39.0 Å². The molecule has 30 heavy (non-hydrogen) atoms. The zero-order valence-electron chi connectivity index (χ0n) is 16.8. The Morgan fingerprint density at radius 2 is 1.90 bits per heavy atom. The number of hydrogen-bond acceptors (Lipinski definition) is 4. The van der Waals surface area contributed by atoms with E-state index in [9.17, 15) is 9.59 Å². The molecule has 1 amide bonds. The normalized spacial score (nSPS) is 13.4. The van der Waals surface area contributed by atoms with Crippen molar-refractivity contribution in [1.82, 2.24) is 4.98 Å². The van der Waals surface area contributed by atoms with Crippen LogP contribution in [0.25, 0.3) is 10.9 Å². The fraction of sp³-hybridized carbons (Fsp3) is 0.292. The van der Waals surface area contributed by atoms with Gasteiger partial charge in [-0.15, -0.1) is 0 Å². The molecule has 4 rings (SSSR count). The monoisotopic (exact) mass is 422 g/mol. The van der Waals surface area contributed by atoms with Gasteiger partial charge in [-0.25, -0.2) is 4.79 Å². The molecule has 5 nitrogen and oxygen atoms in total. The number of halogens is 1. The molecule has 1 aliphatic rings. The molecule has 1 heterocycles. The van der Waals surface area contributed by atoms with Gasteiger partial charge in [0.05, 0.1) is 11.1 Å². The fourth-order valence-electron chi connectivity index (χ4n) is 3.90. The molecule has 0 spiro atoms. The molecule has 0 bridgehead atoms. The Morgan fingerprint density at radius 3 is 2.77 bits per heavy atom. The molecule has 0 saturated carbocycles. The summed E-state index contributed by atoms with van der Waals surface area (Å²) in [7, 11) is 0. The number of esters is 1. The molecule has 1 aromatic heterocycles. The fourth-order valence-corrected chi connectivity index (χ4v) is 4.07. The number of carbonyl (C=O) groups is 2. The van der Waals surface area contributed by atoms with Gasteiger partial charge in [0.15, 0.2) is 6.61 Å². The SMILES string of the molecule is Cc1ccc(Cl)cc1NC(=O)COC(=O)c1c2c(nc3ccccc13)CCCCC2. The highest BCUT2D eigenvalue weighted by molar-refractivity contribution is 6.31. The van der Waals surface area contributed by atoms with Crippen LogP contribution >= 0.6 is 11.6 Å². The molecule has 0 aliphatic heterocycles. The highest BCUT2D eigenvalue weighted by Gasteiger charge is 2.23. The van der Waals surface area contributed by atoms with Crippen molar-refractivity contribution in [3.8, 4) is 0 Å². The lowest BCUT2D eigenvalue weighted by Gasteiger charge is -2.15. The topological polar surface area (TPSA) is 68.3 Å². The van der Waals surface area contributed by atoms with Crippen molar-refractivity contribution < 1.29 is 14.3 Å². The van der Waals surface area contributed by atoms with Crippen LogP contribution < -0.4 is 5.32 Å². The number of nitrogens with one attached hydrogen (secondary N) is 1. The Morgan fingerprint density at radius 1 is 1.10 bits per heavy atom. The van der Waals surface area contributed by atoms with Gasteiger partial charge in [0, 0.05) is 21.8 Å². The first-order valence-electron chi connectivity index (χ1n) is 10.2. The van der Waals surface area contributed by atoms with Gasteiger partial charge in [-0.1, -0.05) is 42.3 Å². The molecule has 0 atom stereocenters. The summed E-state index contributed by atoms with van der Waals surface area (Å²) in [4.78, 5) is 30.2. The van der Waals surface area contributed by atoms with Crippen LogP contribution in [0.15, 0.2) is 42.5 Å². The number of nitrogens with zero attached hydrogens (tertiary/aromatic N) is 1. The van der Waals surface area contributed by atoms with Crippen LogP contribution in [0.1, 0.15) is 46.4 Å². The average molecular weight is 423 g/mol. The maximum absolute atomic E-state index is 13.1. The van der Waals surface area contributed by atoms with Gasteiger partial charge >= 0.3 is 5.97 Å². The zero-order valence-corrected chi connectivity index (χ0v) is 17.6. The molecule has 3 aromatic rings. The standard InChI is InChI=1S/C24H23ClN2O3/c1-15-11-12-16(25)13-21(15)27-22(28)14-30-24(29)23-17-7-3-2-4-9-19(17)26-20-10-6-5-8-18(20)23/h5-6,8,10-13H,2-4,7,9,14H2,1H3,(H,27,28). The highest BCUT2D eigenvalue weighted by atomic mass is 35.5. The first kappa shape index (κ1) is 20.4. The van der Waals surface area contributed by atoms with Gasteiger partial charge in [-0.3, -0.25) is 9.78 Å². The number of carbonyl (C=O) groups excluding carboxylic acids is 2. The van der Waals surface area contributed by atoms with E-state index < -0.39 is 11.9 Å². The second-order valence-electron chi connectivity index (χ2n) is 7.57. The predicted molar refractivity (Wildman–Crippen MR) is 118 cm³/mol. The molecule has 1 aliphatic carbocycles. The summed E-state index contributed by atoms with van der Waals surface area (Å²) in [5, 5.41) is 4.05.